The first-order valence-corrected chi connectivity index (χ1v) is 11.3. The molecule has 0 spiro atoms. The van der Waals surface area contributed by atoms with Crippen molar-refractivity contribution in [2.45, 2.75) is 37.9 Å². The summed E-state index contributed by atoms with van der Waals surface area (Å²) in [4.78, 5) is 7.55. The summed E-state index contributed by atoms with van der Waals surface area (Å²) in [5.74, 6) is 0. The highest BCUT2D eigenvalue weighted by molar-refractivity contribution is 5.33. The summed E-state index contributed by atoms with van der Waals surface area (Å²) in [7, 11) is 0. The maximum absolute atomic E-state index is 9.00. The highest BCUT2D eigenvalue weighted by Gasteiger charge is 2.42. The first kappa shape index (κ1) is 23.9. The maximum atomic E-state index is 9.00. The normalized spacial score (nSPS) is 19.1. The third-order valence-electron chi connectivity index (χ3n) is 5.86. The van der Waals surface area contributed by atoms with Gasteiger partial charge < -0.3 is 20.6 Å². The largest absolute Gasteiger partial charge is 0.395 e. The van der Waals surface area contributed by atoms with E-state index in [2.05, 4.69) is 95.5 Å². The van der Waals surface area contributed by atoms with Crippen LogP contribution in [0.15, 0.2) is 60.7 Å². The lowest BCUT2D eigenvalue weighted by Crippen LogP contribution is -2.68. The van der Waals surface area contributed by atoms with E-state index in [4.69, 9.17) is 9.94 Å². The molecule has 0 aliphatic carbocycles. The van der Waals surface area contributed by atoms with E-state index in [9.17, 15) is 0 Å². The third kappa shape index (κ3) is 6.59. The second kappa shape index (κ2) is 11.2. The van der Waals surface area contributed by atoms with Gasteiger partial charge in [-0.2, -0.15) is 5.48 Å². The Morgan fingerprint density at radius 2 is 1.52 bits per heavy atom. The van der Waals surface area contributed by atoms with Crippen LogP contribution in [0.2, 0.25) is 0 Å². The number of aliphatic hydroxyl groups excluding tert-OH is 1. The van der Waals surface area contributed by atoms with Crippen LogP contribution in [0.3, 0.4) is 0 Å². The molecular formula is C25H38N4O2. The lowest BCUT2D eigenvalue weighted by Gasteiger charge is -2.52. The van der Waals surface area contributed by atoms with Gasteiger partial charge in [-0.1, -0.05) is 60.7 Å². The molecule has 2 aliphatic heterocycles. The van der Waals surface area contributed by atoms with Crippen molar-refractivity contribution < 1.29 is 9.94 Å². The van der Waals surface area contributed by atoms with Gasteiger partial charge in [0.05, 0.1) is 24.8 Å². The fourth-order valence-electron chi connectivity index (χ4n) is 4.21. The van der Waals surface area contributed by atoms with E-state index in [1.165, 1.54) is 11.1 Å². The van der Waals surface area contributed by atoms with Gasteiger partial charge in [0.2, 0.25) is 0 Å². The Morgan fingerprint density at radius 1 is 0.968 bits per heavy atom. The monoisotopic (exact) mass is 426 g/mol. The highest BCUT2D eigenvalue weighted by atomic mass is 16.6. The third-order valence-corrected chi connectivity index (χ3v) is 5.86. The Balaban J connectivity index is 0.000000254. The number of rotatable bonds is 9. The molecule has 0 atom stereocenters. The topological polar surface area (TPSA) is 68.8 Å². The molecule has 0 saturated carbocycles. The van der Waals surface area contributed by atoms with Crippen molar-refractivity contribution in [2.24, 2.45) is 0 Å². The van der Waals surface area contributed by atoms with Crippen molar-refractivity contribution in [2.75, 3.05) is 45.9 Å². The fourth-order valence-corrected chi connectivity index (χ4v) is 4.21. The molecule has 170 valence electrons. The van der Waals surface area contributed by atoms with Gasteiger partial charge in [0.1, 0.15) is 0 Å². The summed E-state index contributed by atoms with van der Waals surface area (Å²) in [5, 5.41) is 15.6. The van der Waals surface area contributed by atoms with Crippen LogP contribution in [0.4, 0.5) is 0 Å². The maximum Gasteiger partial charge on any atom is 0.0654 e. The van der Waals surface area contributed by atoms with Gasteiger partial charge in [-0.25, -0.2) is 0 Å². The first-order valence-electron chi connectivity index (χ1n) is 11.3. The Labute approximate surface area is 186 Å². The van der Waals surface area contributed by atoms with Gasteiger partial charge in [-0.3, -0.25) is 4.90 Å². The van der Waals surface area contributed by atoms with Gasteiger partial charge >= 0.3 is 0 Å². The summed E-state index contributed by atoms with van der Waals surface area (Å²) < 4.78 is 0. The quantitative estimate of drug-likeness (QED) is 0.462. The zero-order valence-electron chi connectivity index (χ0n) is 19.1. The number of hydrogen-bond acceptors (Lipinski definition) is 6. The molecule has 0 amide bonds. The summed E-state index contributed by atoms with van der Waals surface area (Å²) in [6.07, 6.45) is 0. The molecule has 2 aromatic carbocycles. The molecule has 4 N–H and O–H groups in total. The SMILES string of the molecule is CC1(NCCO)CN(C(c2ccccc2)c2ccccc2)C1.CCONC1(C)CNC1. The number of benzene rings is 2. The van der Waals surface area contributed by atoms with Crippen molar-refractivity contribution in [3.8, 4) is 0 Å². The predicted molar refractivity (Wildman–Crippen MR) is 126 cm³/mol. The first-order chi connectivity index (χ1) is 15.0. The number of hydrogen-bond donors (Lipinski definition) is 4. The van der Waals surface area contributed by atoms with Crippen LogP contribution in [-0.2, 0) is 4.84 Å². The zero-order chi connectivity index (χ0) is 22.2. The Bertz CT molecular complexity index is 722. The predicted octanol–water partition coefficient (Wildman–Crippen LogP) is 2.32. The van der Waals surface area contributed by atoms with Gasteiger partial charge in [0, 0.05) is 38.3 Å². The van der Waals surface area contributed by atoms with Crippen LogP contribution in [0.5, 0.6) is 0 Å². The summed E-state index contributed by atoms with van der Waals surface area (Å²) >= 11 is 0. The molecule has 2 heterocycles. The average Bonchev–Trinajstić information content (AvgIpc) is 2.76. The van der Waals surface area contributed by atoms with Crippen LogP contribution in [0, 0.1) is 0 Å². The van der Waals surface area contributed by atoms with E-state index in [0.29, 0.717) is 12.6 Å². The van der Waals surface area contributed by atoms with Crippen molar-refractivity contribution >= 4 is 0 Å². The summed E-state index contributed by atoms with van der Waals surface area (Å²) in [6.45, 7) is 11.9. The van der Waals surface area contributed by atoms with E-state index in [1.807, 2.05) is 6.92 Å². The van der Waals surface area contributed by atoms with Crippen molar-refractivity contribution in [3.63, 3.8) is 0 Å². The molecular weight excluding hydrogens is 388 g/mol. The van der Waals surface area contributed by atoms with Crippen molar-refractivity contribution in [3.05, 3.63) is 71.8 Å². The number of β-amino-alcohol motifs (C(OH)–C–C–N with tert-alkyl or cyclic N) is 1. The fraction of sp³-hybridized carbons (Fsp3) is 0.520. The molecule has 6 nitrogen and oxygen atoms in total. The Morgan fingerprint density at radius 3 is 1.94 bits per heavy atom. The van der Waals surface area contributed by atoms with Crippen molar-refractivity contribution in [1.82, 2.24) is 21.0 Å². The van der Waals surface area contributed by atoms with Gasteiger partial charge in [-0.05, 0) is 31.9 Å². The number of aliphatic hydroxyl groups is 1. The number of nitrogens with zero attached hydrogens (tertiary/aromatic N) is 1. The molecule has 4 rings (SSSR count). The molecule has 31 heavy (non-hydrogen) atoms. The number of likely N-dealkylation sites (tertiary alicyclic amines) is 1. The molecule has 0 aromatic heterocycles. The van der Waals surface area contributed by atoms with Crippen LogP contribution in [0.1, 0.15) is 37.9 Å². The van der Waals surface area contributed by atoms with Gasteiger partial charge in [-0.15, -0.1) is 0 Å². The molecule has 2 aromatic rings. The van der Waals surface area contributed by atoms with E-state index in [1.54, 1.807) is 0 Å². The van der Waals surface area contributed by atoms with Crippen LogP contribution < -0.4 is 16.1 Å². The van der Waals surface area contributed by atoms with Crippen LogP contribution >= 0.6 is 0 Å². The number of hydroxylamine groups is 1. The zero-order valence-corrected chi connectivity index (χ0v) is 19.1. The van der Waals surface area contributed by atoms with Crippen molar-refractivity contribution in [1.29, 1.82) is 0 Å². The summed E-state index contributed by atoms with van der Waals surface area (Å²) in [5.41, 5.74) is 5.94. The van der Waals surface area contributed by atoms with Crippen LogP contribution in [0.25, 0.3) is 0 Å². The standard InChI is InChI=1S/C19H24N2O.C6H14N2O/c1-19(20-12-13-22)14-21(15-19)18(16-8-4-2-5-9-16)17-10-6-3-7-11-17;1-3-9-8-6(2)4-7-5-6/h2-11,18,20,22H,12-15H2,1H3;7-8H,3-5H2,1-2H3. The average molecular weight is 427 g/mol. The Hall–Kier alpha value is -1.80. The molecule has 0 bridgehead atoms. The molecule has 0 unspecified atom stereocenters. The molecule has 6 heteroatoms. The van der Waals surface area contributed by atoms with E-state index < -0.39 is 0 Å². The van der Waals surface area contributed by atoms with E-state index in [-0.39, 0.29) is 17.7 Å². The van der Waals surface area contributed by atoms with Gasteiger partial charge in [0.15, 0.2) is 0 Å². The van der Waals surface area contributed by atoms with E-state index in [0.717, 1.165) is 32.8 Å². The lowest BCUT2D eigenvalue weighted by molar-refractivity contribution is -0.0297. The second-order valence-corrected chi connectivity index (χ2v) is 9.04. The highest BCUT2D eigenvalue weighted by Crippen LogP contribution is 2.35. The minimum absolute atomic E-state index is 0.102. The van der Waals surface area contributed by atoms with Crippen LogP contribution in [-0.4, -0.2) is 67.0 Å². The lowest BCUT2D eigenvalue weighted by atomic mass is 9.86. The smallest absolute Gasteiger partial charge is 0.0654 e. The molecule has 0 radical (unpaired) electrons. The van der Waals surface area contributed by atoms with E-state index >= 15 is 0 Å². The second-order valence-electron chi connectivity index (χ2n) is 9.04. The minimum Gasteiger partial charge on any atom is -0.395 e. The van der Waals surface area contributed by atoms with Gasteiger partial charge in [0.25, 0.3) is 0 Å². The molecule has 2 saturated heterocycles. The molecule has 2 fully saturated rings. The Kier molecular flexibility index (Phi) is 8.60. The minimum atomic E-state index is 0.102. The molecule has 2 aliphatic rings. The number of nitrogens with one attached hydrogen (secondary N) is 3. The summed E-state index contributed by atoms with van der Waals surface area (Å²) in [6, 6.07) is 21.7.